The standard InChI is InChI=1S/C25H25N5OS/c1-31-14-4-13-26-22-12-11-19(16-28-22)27-15-17-7-9-18(10-8-17)23-25-24(30-29-23)20-5-2-3-6-21(20)32-25/h2-3,5-12,16,27H,4,13-15H2,1H3,(H,26,28)(H,29,30). The predicted octanol–water partition coefficient (Wildman–Crippen LogP) is 5.90. The summed E-state index contributed by atoms with van der Waals surface area (Å²) in [4.78, 5) is 4.46. The zero-order chi connectivity index (χ0) is 21.8. The smallest absolute Gasteiger partial charge is 0.126 e. The van der Waals surface area contributed by atoms with Crippen molar-refractivity contribution >= 4 is 43.1 Å². The molecule has 0 atom stereocenters. The van der Waals surface area contributed by atoms with Crippen LogP contribution in [0.2, 0.25) is 0 Å². The number of benzene rings is 2. The zero-order valence-corrected chi connectivity index (χ0v) is 18.7. The van der Waals surface area contributed by atoms with Gasteiger partial charge in [0.1, 0.15) is 11.5 Å². The summed E-state index contributed by atoms with van der Waals surface area (Å²) in [6, 6.07) is 21.1. The lowest BCUT2D eigenvalue weighted by Crippen LogP contribution is -2.06. The molecule has 0 radical (unpaired) electrons. The topological polar surface area (TPSA) is 74.9 Å². The fraction of sp³-hybridized carbons (Fsp3) is 0.200. The minimum absolute atomic E-state index is 0.738. The maximum atomic E-state index is 5.06. The molecule has 0 saturated carbocycles. The highest BCUT2D eigenvalue weighted by Crippen LogP contribution is 2.38. The molecule has 0 aliphatic carbocycles. The Hall–Kier alpha value is -3.42. The Morgan fingerprint density at radius 2 is 1.88 bits per heavy atom. The number of nitrogens with zero attached hydrogens (tertiary/aromatic N) is 2. The maximum absolute atomic E-state index is 5.06. The summed E-state index contributed by atoms with van der Waals surface area (Å²) in [6.07, 6.45) is 2.82. The van der Waals surface area contributed by atoms with E-state index in [-0.39, 0.29) is 0 Å². The third-order valence-corrected chi connectivity index (χ3v) is 6.59. The Labute approximate surface area is 190 Å². The average Bonchev–Trinajstić information content (AvgIpc) is 3.41. The highest BCUT2D eigenvalue weighted by Gasteiger charge is 2.13. The van der Waals surface area contributed by atoms with E-state index in [1.54, 1.807) is 18.4 Å². The van der Waals surface area contributed by atoms with E-state index in [0.717, 1.165) is 54.4 Å². The molecule has 32 heavy (non-hydrogen) atoms. The van der Waals surface area contributed by atoms with Crippen molar-refractivity contribution in [1.29, 1.82) is 0 Å². The molecule has 0 fully saturated rings. The number of hydrogen-bond acceptors (Lipinski definition) is 6. The number of methoxy groups -OCH3 is 1. The van der Waals surface area contributed by atoms with Gasteiger partial charge in [-0.3, -0.25) is 5.10 Å². The van der Waals surface area contributed by atoms with Crippen molar-refractivity contribution in [2.75, 3.05) is 30.9 Å². The third kappa shape index (κ3) is 4.30. The SMILES string of the molecule is COCCCNc1ccc(NCc2ccc(-c3n[nH]c4c3sc3ccccc34)cc2)cn1. The van der Waals surface area contributed by atoms with Crippen LogP contribution >= 0.6 is 11.3 Å². The Kier molecular flexibility index (Phi) is 6.00. The van der Waals surface area contributed by atoms with E-state index in [0.29, 0.717) is 0 Å². The van der Waals surface area contributed by atoms with Gasteiger partial charge in [-0.05, 0) is 30.2 Å². The van der Waals surface area contributed by atoms with Gasteiger partial charge in [0, 0.05) is 42.5 Å². The fourth-order valence-electron chi connectivity index (χ4n) is 3.70. The van der Waals surface area contributed by atoms with Crippen LogP contribution in [-0.4, -0.2) is 35.4 Å². The van der Waals surface area contributed by atoms with Crippen LogP contribution in [0.5, 0.6) is 0 Å². The number of aromatic nitrogens is 3. The molecular formula is C25H25N5OS. The van der Waals surface area contributed by atoms with Gasteiger partial charge in [-0.1, -0.05) is 42.5 Å². The second kappa shape index (κ2) is 9.38. The van der Waals surface area contributed by atoms with E-state index in [4.69, 9.17) is 4.74 Å². The third-order valence-electron chi connectivity index (χ3n) is 5.41. The molecule has 6 nitrogen and oxygen atoms in total. The number of fused-ring (bicyclic) bond motifs is 3. The molecule has 3 aromatic heterocycles. The van der Waals surface area contributed by atoms with E-state index in [1.165, 1.54) is 20.3 Å². The van der Waals surface area contributed by atoms with Crippen molar-refractivity contribution in [2.45, 2.75) is 13.0 Å². The quantitative estimate of drug-likeness (QED) is 0.247. The summed E-state index contributed by atoms with van der Waals surface area (Å²) in [5.41, 5.74) is 5.46. The first kappa shape index (κ1) is 20.5. The largest absolute Gasteiger partial charge is 0.385 e. The fourth-order valence-corrected chi connectivity index (χ4v) is 4.87. The number of H-pyrrole nitrogens is 1. The summed E-state index contributed by atoms with van der Waals surface area (Å²) in [5.74, 6) is 0.877. The second-order valence-electron chi connectivity index (χ2n) is 7.63. The minimum atomic E-state index is 0.738. The highest BCUT2D eigenvalue weighted by molar-refractivity contribution is 7.26. The first-order valence-electron chi connectivity index (χ1n) is 10.7. The first-order chi connectivity index (χ1) is 15.8. The number of hydrogen-bond donors (Lipinski definition) is 3. The van der Waals surface area contributed by atoms with Gasteiger partial charge in [0.05, 0.1) is 22.1 Å². The summed E-state index contributed by atoms with van der Waals surface area (Å²) < 4.78 is 7.55. The summed E-state index contributed by atoms with van der Waals surface area (Å²) in [5, 5.41) is 15.8. The molecule has 162 valence electrons. The van der Waals surface area contributed by atoms with Crippen LogP contribution in [0.3, 0.4) is 0 Å². The van der Waals surface area contributed by atoms with Gasteiger partial charge in [0.25, 0.3) is 0 Å². The van der Waals surface area contributed by atoms with Crippen molar-refractivity contribution in [2.24, 2.45) is 0 Å². The van der Waals surface area contributed by atoms with E-state index in [2.05, 4.69) is 74.3 Å². The van der Waals surface area contributed by atoms with Crippen molar-refractivity contribution < 1.29 is 4.74 Å². The summed E-state index contributed by atoms with van der Waals surface area (Å²) in [6.45, 7) is 2.34. The Bertz CT molecular complexity index is 1310. The number of aromatic amines is 1. The Morgan fingerprint density at radius 1 is 1.00 bits per heavy atom. The predicted molar refractivity (Wildman–Crippen MR) is 133 cm³/mol. The van der Waals surface area contributed by atoms with Crippen molar-refractivity contribution in [3.8, 4) is 11.3 Å². The van der Waals surface area contributed by atoms with E-state index >= 15 is 0 Å². The van der Waals surface area contributed by atoms with Gasteiger partial charge in [-0.15, -0.1) is 11.3 Å². The first-order valence-corrected chi connectivity index (χ1v) is 11.5. The normalized spacial score (nSPS) is 11.3. The molecule has 0 aliphatic heterocycles. The van der Waals surface area contributed by atoms with Gasteiger partial charge >= 0.3 is 0 Å². The Balaban J connectivity index is 1.22. The molecular weight excluding hydrogens is 418 g/mol. The summed E-state index contributed by atoms with van der Waals surface area (Å²) >= 11 is 1.79. The maximum Gasteiger partial charge on any atom is 0.126 e. The molecule has 5 rings (SSSR count). The van der Waals surface area contributed by atoms with Gasteiger partial charge < -0.3 is 15.4 Å². The molecule has 0 bridgehead atoms. The van der Waals surface area contributed by atoms with Crippen LogP contribution in [0, 0.1) is 0 Å². The van der Waals surface area contributed by atoms with Crippen LogP contribution in [0.15, 0.2) is 66.9 Å². The highest BCUT2D eigenvalue weighted by atomic mass is 32.1. The van der Waals surface area contributed by atoms with Gasteiger partial charge in [-0.2, -0.15) is 5.10 Å². The molecule has 3 N–H and O–H groups in total. The Morgan fingerprint density at radius 3 is 2.69 bits per heavy atom. The van der Waals surface area contributed by atoms with Gasteiger partial charge in [-0.25, -0.2) is 4.98 Å². The molecule has 0 spiro atoms. The van der Waals surface area contributed by atoms with Crippen LogP contribution in [0.25, 0.3) is 31.6 Å². The molecule has 5 aromatic rings. The van der Waals surface area contributed by atoms with Crippen LogP contribution < -0.4 is 10.6 Å². The summed E-state index contributed by atoms with van der Waals surface area (Å²) in [7, 11) is 1.72. The second-order valence-corrected chi connectivity index (χ2v) is 8.68. The lowest BCUT2D eigenvalue weighted by molar-refractivity contribution is 0.198. The molecule has 0 aliphatic rings. The molecule has 0 saturated heterocycles. The van der Waals surface area contributed by atoms with Gasteiger partial charge in [0.15, 0.2) is 0 Å². The number of thiophene rings is 1. The zero-order valence-electron chi connectivity index (χ0n) is 17.9. The number of anilines is 2. The molecule has 0 unspecified atom stereocenters. The van der Waals surface area contributed by atoms with Crippen molar-refractivity contribution in [1.82, 2.24) is 15.2 Å². The van der Waals surface area contributed by atoms with Crippen LogP contribution in [0.1, 0.15) is 12.0 Å². The minimum Gasteiger partial charge on any atom is -0.385 e. The number of ether oxygens (including phenoxy) is 1. The van der Waals surface area contributed by atoms with E-state index < -0.39 is 0 Å². The number of pyridine rings is 1. The number of nitrogens with one attached hydrogen (secondary N) is 3. The van der Waals surface area contributed by atoms with E-state index in [9.17, 15) is 0 Å². The molecule has 0 amide bonds. The van der Waals surface area contributed by atoms with E-state index in [1.807, 2.05) is 18.3 Å². The van der Waals surface area contributed by atoms with Crippen molar-refractivity contribution in [3.05, 3.63) is 72.4 Å². The molecule has 3 heterocycles. The number of rotatable bonds is 9. The van der Waals surface area contributed by atoms with Crippen LogP contribution in [-0.2, 0) is 11.3 Å². The molecule has 7 heteroatoms. The lowest BCUT2D eigenvalue weighted by atomic mass is 10.1. The lowest BCUT2D eigenvalue weighted by Gasteiger charge is -2.09. The van der Waals surface area contributed by atoms with Crippen LogP contribution in [0.4, 0.5) is 11.5 Å². The van der Waals surface area contributed by atoms with Gasteiger partial charge in [0.2, 0.25) is 0 Å². The molecule has 2 aromatic carbocycles. The monoisotopic (exact) mass is 443 g/mol. The average molecular weight is 444 g/mol. The van der Waals surface area contributed by atoms with Crippen molar-refractivity contribution in [3.63, 3.8) is 0 Å².